The summed E-state index contributed by atoms with van der Waals surface area (Å²) in [6.45, 7) is 0. The molecule has 0 aliphatic carbocycles. The molecule has 7 heteroatoms. The average Bonchev–Trinajstić information content (AvgIpc) is 3.18. The Morgan fingerprint density at radius 3 is 2.81 bits per heavy atom. The van der Waals surface area contributed by atoms with Crippen LogP contribution in [0.25, 0.3) is 0 Å². The van der Waals surface area contributed by atoms with E-state index in [4.69, 9.17) is 10.3 Å². The SMILES string of the molecule is NC(c1nc(CSc2ccc(F)cc2)no1)c1cccs1. The normalized spacial score (nSPS) is 12.5. The van der Waals surface area contributed by atoms with Crippen LogP contribution in [0.4, 0.5) is 4.39 Å². The Labute approximate surface area is 129 Å². The smallest absolute Gasteiger partial charge is 0.249 e. The minimum atomic E-state index is -0.387. The summed E-state index contributed by atoms with van der Waals surface area (Å²) in [6.07, 6.45) is 0. The van der Waals surface area contributed by atoms with E-state index in [1.54, 1.807) is 23.5 Å². The molecule has 0 aliphatic rings. The van der Waals surface area contributed by atoms with Crippen molar-refractivity contribution in [2.24, 2.45) is 5.73 Å². The number of thioether (sulfide) groups is 1. The first-order valence-electron chi connectivity index (χ1n) is 6.22. The molecule has 1 unspecified atom stereocenters. The van der Waals surface area contributed by atoms with Crippen molar-refractivity contribution >= 4 is 23.1 Å². The Bertz CT molecular complexity index is 697. The van der Waals surface area contributed by atoms with Crippen LogP contribution in [0, 0.1) is 5.82 Å². The molecule has 0 saturated carbocycles. The van der Waals surface area contributed by atoms with Gasteiger partial charge in [-0.3, -0.25) is 0 Å². The zero-order chi connectivity index (χ0) is 14.7. The second-order valence-corrected chi connectivity index (χ2v) is 6.31. The number of halogens is 1. The van der Waals surface area contributed by atoms with Gasteiger partial charge in [-0.2, -0.15) is 4.98 Å². The van der Waals surface area contributed by atoms with Gasteiger partial charge in [-0.1, -0.05) is 11.2 Å². The van der Waals surface area contributed by atoms with Crippen LogP contribution in [0.1, 0.15) is 22.6 Å². The van der Waals surface area contributed by atoms with Crippen LogP contribution in [0.15, 0.2) is 51.2 Å². The lowest BCUT2D eigenvalue weighted by Gasteiger charge is -2.01. The zero-order valence-electron chi connectivity index (χ0n) is 10.9. The van der Waals surface area contributed by atoms with Crippen LogP contribution in [0.3, 0.4) is 0 Å². The second kappa shape index (κ2) is 6.38. The summed E-state index contributed by atoms with van der Waals surface area (Å²) in [7, 11) is 0. The molecule has 2 N–H and O–H groups in total. The monoisotopic (exact) mass is 321 g/mol. The number of benzene rings is 1. The van der Waals surface area contributed by atoms with E-state index in [-0.39, 0.29) is 11.9 Å². The van der Waals surface area contributed by atoms with Crippen molar-refractivity contribution in [2.45, 2.75) is 16.7 Å². The Balaban J connectivity index is 1.64. The number of hydrogen-bond donors (Lipinski definition) is 1. The summed E-state index contributed by atoms with van der Waals surface area (Å²) in [5.41, 5.74) is 6.06. The third-order valence-corrected chi connectivity index (χ3v) is 4.74. The zero-order valence-corrected chi connectivity index (χ0v) is 12.5. The van der Waals surface area contributed by atoms with E-state index < -0.39 is 0 Å². The minimum absolute atomic E-state index is 0.247. The molecule has 4 nitrogen and oxygen atoms in total. The predicted molar refractivity (Wildman–Crippen MR) is 80.6 cm³/mol. The topological polar surface area (TPSA) is 64.9 Å². The van der Waals surface area contributed by atoms with Crippen LogP contribution in [-0.4, -0.2) is 10.1 Å². The Hall–Kier alpha value is -1.70. The van der Waals surface area contributed by atoms with Crippen molar-refractivity contribution in [2.75, 3.05) is 0 Å². The lowest BCUT2D eigenvalue weighted by molar-refractivity contribution is 0.364. The fourth-order valence-corrected chi connectivity index (χ4v) is 3.18. The van der Waals surface area contributed by atoms with E-state index in [1.807, 2.05) is 17.5 Å². The first kappa shape index (κ1) is 14.2. The fourth-order valence-electron chi connectivity index (χ4n) is 1.72. The molecule has 3 aromatic rings. The van der Waals surface area contributed by atoms with Gasteiger partial charge >= 0.3 is 0 Å². The van der Waals surface area contributed by atoms with Crippen LogP contribution in [0.2, 0.25) is 0 Å². The molecule has 2 aromatic heterocycles. The molecule has 1 atom stereocenters. The van der Waals surface area contributed by atoms with Gasteiger partial charge in [0.15, 0.2) is 5.82 Å². The first-order chi connectivity index (χ1) is 10.2. The summed E-state index contributed by atoms with van der Waals surface area (Å²) in [6, 6.07) is 9.78. The quantitative estimate of drug-likeness (QED) is 0.727. The summed E-state index contributed by atoms with van der Waals surface area (Å²) in [5, 5.41) is 5.88. The summed E-state index contributed by atoms with van der Waals surface area (Å²) < 4.78 is 18.0. The molecular formula is C14H12FN3OS2. The highest BCUT2D eigenvalue weighted by molar-refractivity contribution is 7.98. The van der Waals surface area contributed by atoms with Crippen molar-refractivity contribution in [3.05, 3.63) is 64.2 Å². The van der Waals surface area contributed by atoms with Crippen molar-refractivity contribution in [1.29, 1.82) is 0 Å². The van der Waals surface area contributed by atoms with Gasteiger partial charge in [0.25, 0.3) is 0 Å². The van der Waals surface area contributed by atoms with Gasteiger partial charge in [0.2, 0.25) is 5.89 Å². The molecule has 3 rings (SSSR count). The Kier molecular flexibility index (Phi) is 4.33. The van der Waals surface area contributed by atoms with Gasteiger partial charge < -0.3 is 10.3 Å². The van der Waals surface area contributed by atoms with Crippen molar-refractivity contribution < 1.29 is 8.91 Å². The van der Waals surface area contributed by atoms with E-state index >= 15 is 0 Å². The number of nitrogens with zero attached hydrogens (tertiary/aromatic N) is 2. The van der Waals surface area contributed by atoms with Crippen LogP contribution in [-0.2, 0) is 5.75 Å². The minimum Gasteiger partial charge on any atom is -0.337 e. The summed E-state index contributed by atoms with van der Waals surface area (Å²) in [4.78, 5) is 6.24. The largest absolute Gasteiger partial charge is 0.337 e. The molecule has 0 spiro atoms. The van der Waals surface area contributed by atoms with Gasteiger partial charge in [0.1, 0.15) is 11.9 Å². The van der Waals surface area contributed by atoms with Crippen molar-refractivity contribution in [3.8, 4) is 0 Å². The van der Waals surface area contributed by atoms with Crippen LogP contribution in [0.5, 0.6) is 0 Å². The molecule has 0 bridgehead atoms. The van der Waals surface area contributed by atoms with E-state index in [0.29, 0.717) is 17.5 Å². The van der Waals surface area contributed by atoms with E-state index in [0.717, 1.165) is 9.77 Å². The Morgan fingerprint density at radius 2 is 2.10 bits per heavy atom. The molecule has 0 radical (unpaired) electrons. The standard InChI is InChI=1S/C14H12FN3OS2/c15-9-3-5-10(6-4-9)21-8-12-17-14(19-18-12)13(16)11-2-1-7-20-11/h1-7,13H,8,16H2. The van der Waals surface area contributed by atoms with Crippen molar-refractivity contribution in [3.63, 3.8) is 0 Å². The average molecular weight is 321 g/mol. The molecule has 1 aromatic carbocycles. The second-order valence-electron chi connectivity index (χ2n) is 4.28. The maximum absolute atomic E-state index is 12.8. The third kappa shape index (κ3) is 3.49. The molecule has 0 saturated heterocycles. The summed E-state index contributed by atoms with van der Waals surface area (Å²) in [5.74, 6) is 1.29. The molecule has 0 amide bonds. The highest BCUT2D eigenvalue weighted by Gasteiger charge is 2.17. The van der Waals surface area contributed by atoms with Crippen LogP contribution < -0.4 is 5.73 Å². The lowest BCUT2D eigenvalue weighted by Crippen LogP contribution is -2.10. The van der Waals surface area contributed by atoms with Crippen LogP contribution >= 0.6 is 23.1 Å². The third-order valence-electron chi connectivity index (χ3n) is 2.78. The first-order valence-corrected chi connectivity index (χ1v) is 8.09. The number of hydrogen-bond acceptors (Lipinski definition) is 6. The van der Waals surface area contributed by atoms with Gasteiger partial charge in [0.05, 0.1) is 5.75 Å². The van der Waals surface area contributed by atoms with E-state index in [9.17, 15) is 4.39 Å². The number of aromatic nitrogens is 2. The molecule has 108 valence electrons. The lowest BCUT2D eigenvalue weighted by atomic mass is 10.2. The highest BCUT2D eigenvalue weighted by atomic mass is 32.2. The van der Waals surface area contributed by atoms with Gasteiger partial charge in [0, 0.05) is 9.77 Å². The maximum atomic E-state index is 12.8. The molecule has 2 heterocycles. The maximum Gasteiger partial charge on any atom is 0.249 e. The molecule has 21 heavy (non-hydrogen) atoms. The van der Waals surface area contributed by atoms with Crippen molar-refractivity contribution in [1.82, 2.24) is 10.1 Å². The summed E-state index contributed by atoms with van der Waals surface area (Å²) >= 11 is 3.07. The van der Waals surface area contributed by atoms with Gasteiger partial charge in [-0.15, -0.1) is 23.1 Å². The predicted octanol–water partition coefficient (Wildman–Crippen LogP) is 3.61. The highest BCUT2D eigenvalue weighted by Crippen LogP contribution is 2.25. The molecule has 0 fully saturated rings. The van der Waals surface area contributed by atoms with Gasteiger partial charge in [-0.25, -0.2) is 4.39 Å². The van der Waals surface area contributed by atoms with E-state index in [2.05, 4.69) is 10.1 Å². The molecular weight excluding hydrogens is 309 g/mol. The fraction of sp³-hybridized carbons (Fsp3) is 0.143. The number of thiophene rings is 1. The number of nitrogens with two attached hydrogens (primary N) is 1. The Morgan fingerprint density at radius 1 is 1.29 bits per heavy atom. The van der Waals surface area contributed by atoms with E-state index in [1.165, 1.54) is 23.9 Å². The molecule has 0 aliphatic heterocycles. The number of rotatable bonds is 5. The van der Waals surface area contributed by atoms with Gasteiger partial charge in [-0.05, 0) is 35.7 Å².